The summed E-state index contributed by atoms with van der Waals surface area (Å²) in [7, 11) is 0. The van der Waals surface area contributed by atoms with Crippen molar-refractivity contribution in [1.29, 1.82) is 0 Å². The summed E-state index contributed by atoms with van der Waals surface area (Å²) < 4.78 is 4.20. The van der Waals surface area contributed by atoms with Gasteiger partial charge in [0.2, 0.25) is 0 Å². The molecule has 27 heavy (non-hydrogen) atoms. The van der Waals surface area contributed by atoms with E-state index in [1.807, 2.05) is 10.8 Å². The number of hydrogen-bond donors (Lipinski definition) is 0. The molecule has 3 heteroatoms. The quantitative estimate of drug-likeness (QED) is 0.703. The Bertz CT molecular complexity index is 1050. The molecule has 1 heterocycles. The fourth-order valence-corrected chi connectivity index (χ4v) is 6.00. The fourth-order valence-electron chi connectivity index (χ4n) is 6.00. The average molecular weight is 361 g/mol. The van der Waals surface area contributed by atoms with Crippen molar-refractivity contribution in [3.63, 3.8) is 0 Å². The van der Waals surface area contributed by atoms with Gasteiger partial charge in [0.15, 0.2) is 0 Å². The lowest BCUT2D eigenvalue weighted by molar-refractivity contribution is 0.433. The molecule has 1 aromatic heterocycles. The molecular weight excluding hydrogens is 332 g/mol. The van der Waals surface area contributed by atoms with Crippen molar-refractivity contribution in [3.8, 4) is 5.69 Å². The molecule has 2 unspecified atom stereocenters. The molecule has 3 aliphatic carbocycles. The summed E-state index contributed by atoms with van der Waals surface area (Å²) in [4.78, 5) is 13.7. The maximum absolute atomic E-state index is 13.7. The normalized spacial score (nSPS) is 26.9. The minimum absolute atomic E-state index is 0.0106. The Morgan fingerprint density at radius 2 is 2.11 bits per heavy atom. The summed E-state index contributed by atoms with van der Waals surface area (Å²) in [5.41, 5.74) is 6.25. The van der Waals surface area contributed by atoms with Gasteiger partial charge in [0.1, 0.15) is 0 Å². The van der Waals surface area contributed by atoms with Crippen LogP contribution in [0.2, 0.25) is 0 Å². The van der Waals surface area contributed by atoms with Crippen molar-refractivity contribution < 1.29 is 0 Å². The number of hydrogen-bond acceptors (Lipinski definition) is 1. The molecule has 1 fully saturated rings. The maximum Gasteiger partial charge on any atom is 0.275 e. The van der Waals surface area contributed by atoms with Gasteiger partial charge in [-0.25, -0.2) is 4.68 Å². The van der Waals surface area contributed by atoms with E-state index >= 15 is 0 Å². The van der Waals surface area contributed by atoms with Gasteiger partial charge in [-0.05, 0) is 54.2 Å². The van der Waals surface area contributed by atoms with Crippen LogP contribution in [0, 0.1) is 0 Å². The van der Waals surface area contributed by atoms with Gasteiger partial charge in [0.05, 0.1) is 17.9 Å². The van der Waals surface area contributed by atoms with Crippen molar-refractivity contribution in [2.24, 2.45) is 0 Å². The van der Waals surface area contributed by atoms with Crippen LogP contribution >= 0.6 is 0 Å². The van der Waals surface area contributed by atoms with E-state index in [9.17, 15) is 4.79 Å². The van der Waals surface area contributed by atoms with Crippen LogP contribution in [-0.4, -0.2) is 9.36 Å². The third kappa shape index (κ3) is 2.11. The molecule has 0 aliphatic heterocycles. The number of benzene rings is 1. The number of aromatic nitrogens is 2. The summed E-state index contributed by atoms with van der Waals surface area (Å²) in [6, 6.07) is 6.37. The fraction of sp³-hybridized carbons (Fsp3) is 0.458. The van der Waals surface area contributed by atoms with E-state index in [1.165, 1.54) is 23.2 Å². The molecule has 3 nitrogen and oxygen atoms in total. The van der Waals surface area contributed by atoms with E-state index in [0.29, 0.717) is 12.5 Å². The highest BCUT2D eigenvalue weighted by molar-refractivity contribution is 5.65. The van der Waals surface area contributed by atoms with Crippen LogP contribution in [0.4, 0.5) is 0 Å². The van der Waals surface area contributed by atoms with Crippen LogP contribution in [0.15, 0.2) is 41.7 Å². The highest BCUT2D eigenvalue weighted by Crippen LogP contribution is 2.56. The van der Waals surface area contributed by atoms with Crippen molar-refractivity contribution in [2.75, 3.05) is 0 Å². The van der Waals surface area contributed by atoms with Gasteiger partial charge in [-0.15, -0.1) is 6.58 Å². The second-order valence-electron chi connectivity index (χ2n) is 9.48. The Hall–Kier alpha value is -2.29. The first-order chi connectivity index (χ1) is 12.9. The van der Waals surface area contributed by atoms with Gasteiger partial charge in [-0.1, -0.05) is 51.1 Å². The predicted octanol–water partition coefficient (Wildman–Crippen LogP) is 5.06. The molecule has 2 atom stereocenters. The minimum atomic E-state index is 0.0106. The predicted molar refractivity (Wildman–Crippen MR) is 111 cm³/mol. The number of allylic oxidation sites excluding steroid dienone is 2. The summed E-state index contributed by atoms with van der Waals surface area (Å²) >= 11 is 0. The minimum Gasteiger partial charge on any atom is -0.277 e. The molecular formula is C24H28N2O. The van der Waals surface area contributed by atoms with E-state index in [4.69, 9.17) is 0 Å². The number of rotatable bonds is 3. The standard InChI is InChI=1S/C24H28N2O/c1-5-14-25-21-19(17-11-13-24(21,4)15-17)22(27)26(25)18-10-6-8-16-9-7-12-23(2,3)20(16)18/h5-10,17H,1,11-15H2,2-4H3. The number of fused-ring (bicyclic) bond motifs is 6. The zero-order valence-corrected chi connectivity index (χ0v) is 16.6. The van der Waals surface area contributed by atoms with Crippen LogP contribution in [0.1, 0.15) is 74.8 Å². The van der Waals surface area contributed by atoms with Gasteiger partial charge < -0.3 is 0 Å². The van der Waals surface area contributed by atoms with Gasteiger partial charge >= 0.3 is 0 Å². The SMILES string of the molecule is C=CCn1c2c(c(=O)n1-c1cccc3c1C(C)(C)CC=C3)C1CCC2(C)C1. The molecule has 0 amide bonds. The molecule has 2 bridgehead atoms. The van der Waals surface area contributed by atoms with Crippen LogP contribution < -0.4 is 5.56 Å². The monoisotopic (exact) mass is 360 g/mol. The molecule has 1 aromatic carbocycles. The lowest BCUT2D eigenvalue weighted by Gasteiger charge is -2.32. The molecule has 0 saturated heterocycles. The lowest BCUT2D eigenvalue weighted by Crippen LogP contribution is -2.30. The summed E-state index contributed by atoms with van der Waals surface area (Å²) in [5, 5.41) is 0. The maximum atomic E-state index is 13.7. The highest BCUT2D eigenvalue weighted by atomic mass is 16.1. The molecule has 0 radical (unpaired) electrons. The Kier molecular flexibility index (Phi) is 3.35. The highest BCUT2D eigenvalue weighted by Gasteiger charge is 2.51. The van der Waals surface area contributed by atoms with Crippen molar-refractivity contribution >= 4 is 6.08 Å². The van der Waals surface area contributed by atoms with E-state index in [1.54, 1.807) is 0 Å². The summed E-state index contributed by atoms with van der Waals surface area (Å²) in [6.45, 7) is 11.6. The topological polar surface area (TPSA) is 26.9 Å². The summed E-state index contributed by atoms with van der Waals surface area (Å²) in [5.74, 6) is 0.433. The lowest BCUT2D eigenvalue weighted by atomic mass is 9.75. The first kappa shape index (κ1) is 16.9. The molecule has 5 rings (SSSR count). The average Bonchev–Trinajstić information content (AvgIpc) is 3.23. The van der Waals surface area contributed by atoms with Crippen molar-refractivity contribution in [2.45, 2.75) is 69.7 Å². The Balaban J connectivity index is 1.85. The molecule has 0 N–H and O–H groups in total. The molecule has 140 valence electrons. The van der Waals surface area contributed by atoms with E-state index < -0.39 is 0 Å². The van der Waals surface area contributed by atoms with Crippen molar-refractivity contribution in [1.82, 2.24) is 9.36 Å². The molecule has 0 spiro atoms. The van der Waals surface area contributed by atoms with Gasteiger partial charge in [0.25, 0.3) is 5.56 Å². The first-order valence-corrected chi connectivity index (χ1v) is 10.1. The first-order valence-electron chi connectivity index (χ1n) is 10.1. The Morgan fingerprint density at radius 3 is 2.89 bits per heavy atom. The van der Waals surface area contributed by atoms with Crippen LogP contribution in [0.3, 0.4) is 0 Å². The Labute approximate surface area is 161 Å². The zero-order chi connectivity index (χ0) is 19.0. The van der Waals surface area contributed by atoms with E-state index in [2.05, 4.69) is 62.4 Å². The second kappa shape index (κ2) is 5.37. The largest absolute Gasteiger partial charge is 0.277 e. The number of nitrogens with zero attached hydrogens (tertiary/aromatic N) is 2. The molecule has 2 aromatic rings. The second-order valence-corrected chi connectivity index (χ2v) is 9.48. The van der Waals surface area contributed by atoms with Crippen LogP contribution in [0.5, 0.6) is 0 Å². The van der Waals surface area contributed by atoms with E-state index in [0.717, 1.165) is 30.5 Å². The smallest absolute Gasteiger partial charge is 0.275 e. The van der Waals surface area contributed by atoms with Crippen LogP contribution in [-0.2, 0) is 17.4 Å². The van der Waals surface area contributed by atoms with Crippen molar-refractivity contribution in [3.05, 3.63) is 69.7 Å². The zero-order valence-electron chi connectivity index (χ0n) is 16.6. The van der Waals surface area contributed by atoms with E-state index in [-0.39, 0.29) is 16.4 Å². The molecule has 1 saturated carbocycles. The van der Waals surface area contributed by atoms with Gasteiger partial charge in [0, 0.05) is 11.0 Å². The van der Waals surface area contributed by atoms with Gasteiger partial charge in [-0.3, -0.25) is 9.48 Å². The third-order valence-corrected chi connectivity index (χ3v) is 7.11. The van der Waals surface area contributed by atoms with Gasteiger partial charge in [-0.2, -0.15) is 0 Å². The molecule has 3 aliphatic rings. The summed E-state index contributed by atoms with van der Waals surface area (Å²) in [6.07, 6.45) is 10.8. The third-order valence-electron chi connectivity index (χ3n) is 7.11. The Morgan fingerprint density at radius 1 is 1.30 bits per heavy atom. The van der Waals surface area contributed by atoms with Crippen LogP contribution in [0.25, 0.3) is 11.8 Å².